The number of carbonyl (C=O) groups is 3. The van der Waals surface area contributed by atoms with Gasteiger partial charge in [0.25, 0.3) is 0 Å². The van der Waals surface area contributed by atoms with Crippen molar-refractivity contribution in [1.82, 2.24) is 0 Å². The third kappa shape index (κ3) is 2.22. The lowest BCUT2D eigenvalue weighted by atomic mass is 9.76. The molecule has 3 atom stereocenters. The topological polar surface area (TPSA) is 77.5 Å². The van der Waals surface area contributed by atoms with Gasteiger partial charge in [-0.1, -0.05) is 19.1 Å². The van der Waals surface area contributed by atoms with Crippen molar-refractivity contribution in [1.29, 1.82) is 0 Å². The molecular weight excluding hydrogens is 270 g/mol. The number of nitrogens with zero attached hydrogens (tertiary/aromatic N) is 1. The zero-order chi connectivity index (χ0) is 15.1. The first-order valence-corrected chi connectivity index (χ1v) is 7.18. The Balaban J connectivity index is 1.95. The Kier molecular flexibility index (Phi) is 3.27. The van der Waals surface area contributed by atoms with Gasteiger partial charge in [-0.05, 0) is 42.9 Å². The minimum atomic E-state index is -1.32. The molecule has 1 aromatic rings. The molecule has 2 fully saturated rings. The van der Waals surface area contributed by atoms with Crippen molar-refractivity contribution in [3.05, 3.63) is 29.8 Å². The smallest absolute Gasteiger partial charge is 0.237 e. The number of carbonyl (C=O) groups excluding carboxylic acids is 3. The molecule has 1 aliphatic heterocycles. The highest BCUT2D eigenvalue weighted by Crippen LogP contribution is 2.42. The summed E-state index contributed by atoms with van der Waals surface area (Å²) in [5, 5.41) is 10.9. The highest BCUT2D eigenvalue weighted by Gasteiger charge is 2.49. The van der Waals surface area contributed by atoms with Gasteiger partial charge in [-0.3, -0.25) is 14.5 Å². The molecule has 0 spiro atoms. The van der Waals surface area contributed by atoms with Crippen molar-refractivity contribution < 1.29 is 19.5 Å². The van der Waals surface area contributed by atoms with E-state index >= 15 is 0 Å². The van der Waals surface area contributed by atoms with Crippen molar-refractivity contribution in [3.8, 4) is 0 Å². The number of imide groups is 1. The van der Waals surface area contributed by atoms with Crippen molar-refractivity contribution in [2.75, 3.05) is 4.90 Å². The van der Waals surface area contributed by atoms with Gasteiger partial charge >= 0.3 is 0 Å². The van der Waals surface area contributed by atoms with Crippen molar-refractivity contribution in [2.45, 2.75) is 26.2 Å². The fraction of sp³-hybridized carbons (Fsp3) is 0.438. The van der Waals surface area contributed by atoms with Crippen LogP contribution < -0.4 is 10.0 Å². The molecule has 5 heteroatoms. The van der Waals surface area contributed by atoms with Gasteiger partial charge in [-0.15, -0.1) is 0 Å². The van der Waals surface area contributed by atoms with E-state index in [4.69, 9.17) is 0 Å². The van der Waals surface area contributed by atoms with Crippen LogP contribution in [0.25, 0.3) is 0 Å². The minimum absolute atomic E-state index is 0.0312. The lowest BCUT2D eigenvalue weighted by molar-refractivity contribution is -0.255. The maximum atomic E-state index is 12.5. The summed E-state index contributed by atoms with van der Waals surface area (Å²) in [5.41, 5.74) is 0.296. The predicted octanol–water partition coefficient (Wildman–Crippen LogP) is 0.976. The average molecular weight is 286 g/mol. The van der Waals surface area contributed by atoms with Crippen LogP contribution in [0.2, 0.25) is 0 Å². The number of amides is 2. The van der Waals surface area contributed by atoms with Crippen LogP contribution in [0.5, 0.6) is 0 Å². The molecule has 0 unspecified atom stereocenters. The van der Waals surface area contributed by atoms with E-state index in [0.29, 0.717) is 11.6 Å². The van der Waals surface area contributed by atoms with Crippen molar-refractivity contribution in [2.24, 2.45) is 17.8 Å². The van der Waals surface area contributed by atoms with E-state index in [9.17, 15) is 19.5 Å². The lowest BCUT2D eigenvalue weighted by Crippen LogP contribution is -2.31. The first-order valence-electron chi connectivity index (χ1n) is 7.18. The van der Waals surface area contributed by atoms with E-state index in [1.54, 1.807) is 6.07 Å². The normalized spacial score (nSPS) is 28.6. The average Bonchev–Trinajstić information content (AvgIpc) is 2.70. The second-order valence-electron chi connectivity index (χ2n) is 5.98. The molecule has 21 heavy (non-hydrogen) atoms. The Bertz CT molecular complexity index is 624. The number of hydrogen-bond acceptors (Lipinski definition) is 4. The Morgan fingerprint density at radius 2 is 1.90 bits per heavy atom. The summed E-state index contributed by atoms with van der Waals surface area (Å²) in [6.07, 6.45) is 2.41. The largest absolute Gasteiger partial charge is 0.545 e. The van der Waals surface area contributed by atoms with E-state index in [1.807, 2.05) is 0 Å². The van der Waals surface area contributed by atoms with Crippen LogP contribution in [0.1, 0.15) is 36.5 Å². The molecule has 110 valence electrons. The maximum Gasteiger partial charge on any atom is 0.237 e. The van der Waals surface area contributed by atoms with Gasteiger partial charge in [0.1, 0.15) is 0 Å². The summed E-state index contributed by atoms with van der Waals surface area (Å²) in [6, 6.07) is 5.82. The van der Waals surface area contributed by atoms with E-state index in [1.165, 1.54) is 18.2 Å². The SMILES string of the molecule is C[C@@H]1CC[C@@H]2C(=O)N(c3cccc(C(=O)[O-])c3)C(=O)[C@@H]2C1. The summed E-state index contributed by atoms with van der Waals surface area (Å²) >= 11 is 0. The number of anilines is 1. The molecule has 1 saturated heterocycles. The Morgan fingerprint density at radius 1 is 1.19 bits per heavy atom. The van der Waals surface area contributed by atoms with Crippen LogP contribution in [-0.2, 0) is 9.59 Å². The molecule has 1 aromatic carbocycles. The number of rotatable bonds is 2. The number of carboxylic acids is 1. The molecule has 2 amide bonds. The molecular formula is C16H16NO4-. The maximum absolute atomic E-state index is 12.5. The van der Waals surface area contributed by atoms with Gasteiger partial charge < -0.3 is 9.90 Å². The summed E-state index contributed by atoms with van der Waals surface area (Å²) in [6.45, 7) is 2.09. The molecule has 0 radical (unpaired) electrons. The van der Waals surface area contributed by atoms with E-state index in [0.717, 1.165) is 24.2 Å². The zero-order valence-electron chi connectivity index (χ0n) is 11.7. The van der Waals surface area contributed by atoms with Crippen LogP contribution in [0.4, 0.5) is 5.69 Å². The first kappa shape index (κ1) is 13.8. The summed E-state index contributed by atoms with van der Waals surface area (Å²) in [5.74, 6) is -1.79. The molecule has 0 N–H and O–H groups in total. The van der Waals surface area contributed by atoms with Gasteiger partial charge in [0, 0.05) is 0 Å². The molecule has 0 aromatic heterocycles. The van der Waals surface area contributed by atoms with Gasteiger partial charge in [-0.25, -0.2) is 0 Å². The van der Waals surface area contributed by atoms with Crippen LogP contribution in [0.15, 0.2) is 24.3 Å². The Morgan fingerprint density at radius 3 is 2.62 bits per heavy atom. The molecule has 1 heterocycles. The fourth-order valence-corrected chi connectivity index (χ4v) is 3.42. The van der Waals surface area contributed by atoms with Gasteiger partial charge in [0.2, 0.25) is 11.8 Å². The molecule has 2 aliphatic rings. The van der Waals surface area contributed by atoms with Crippen molar-refractivity contribution in [3.63, 3.8) is 0 Å². The van der Waals surface area contributed by atoms with Gasteiger partial charge in [-0.2, -0.15) is 0 Å². The summed E-state index contributed by atoms with van der Waals surface area (Å²) < 4.78 is 0. The summed E-state index contributed by atoms with van der Waals surface area (Å²) in [7, 11) is 0. The zero-order valence-corrected chi connectivity index (χ0v) is 11.7. The minimum Gasteiger partial charge on any atom is -0.545 e. The van der Waals surface area contributed by atoms with Crippen LogP contribution in [0.3, 0.4) is 0 Å². The molecule has 0 bridgehead atoms. The number of carboxylic acid groups (broad SMARTS) is 1. The van der Waals surface area contributed by atoms with Crippen molar-refractivity contribution >= 4 is 23.5 Å². The Hall–Kier alpha value is -2.17. The monoisotopic (exact) mass is 286 g/mol. The highest BCUT2D eigenvalue weighted by atomic mass is 16.4. The lowest BCUT2D eigenvalue weighted by Gasteiger charge is -2.25. The first-order chi connectivity index (χ1) is 9.99. The second kappa shape index (κ2) is 4.98. The standard InChI is InChI=1S/C16H17NO4/c1-9-5-6-12-13(7-9)15(19)17(14(12)18)11-4-2-3-10(8-11)16(20)21/h2-4,8-9,12-13H,5-7H2,1H3,(H,20,21)/p-1/t9-,12+,13-/m1/s1. The van der Waals surface area contributed by atoms with Crippen LogP contribution >= 0.6 is 0 Å². The third-order valence-electron chi connectivity index (χ3n) is 4.53. The summed E-state index contributed by atoms with van der Waals surface area (Å²) in [4.78, 5) is 37.1. The van der Waals surface area contributed by atoms with E-state index in [-0.39, 0.29) is 29.2 Å². The number of hydrogen-bond donors (Lipinski definition) is 0. The predicted molar refractivity (Wildman–Crippen MR) is 73.3 cm³/mol. The molecule has 1 aliphatic carbocycles. The van der Waals surface area contributed by atoms with E-state index < -0.39 is 5.97 Å². The number of aromatic carboxylic acids is 1. The van der Waals surface area contributed by atoms with Gasteiger partial charge in [0.15, 0.2) is 0 Å². The third-order valence-corrected chi connectivity index (χ3v) is 4.53. The Labute approximate surface area is 122 Å². The second-order valence-corrected chi connectivity index (χ2v) is 5.98. The van der Waals surface area contributed by atoms with Crippen LogP contribution in [-0.4, -0.2) is 17.8 Å². The quantitative estimate of drug-likeness (QED) is 0.759. The van der Waals surface area contributed by atoms with Crippen LogP contribution in [0, 0.1) is 17.8 Å². The number of benzene rings is 1. The number of fused-ring (bicyclic) bond motifs is 1. The van der Waals surface area contributed by atoms with E-state index in [2.05, 4.69) is 6.92 Å². The molecule has 3 rings (SSSR count). The fourth-order valence-electron chi connectivity index (χ4n) is 3.42. The molecule has 1 saturated carbocycles. The highest BCUT2D eigenvalue weighted by molar-refractivity contribution is 6.22. The van der Waals surface area contributed by atoms with Gasteiger partial charge in [0.05, 0.1) is 23.5 Å². The molecule has 5 nitrogen and oxygen atoms in total.